The van der Waals surface area contributed by atoms with Crippen molar-refractivity contribution in [3.05, 3.63) is 28.7 Å². The molecule has 19 heavy (non-hydrogen) atoms. The second-order valence-corrected chi connectivity index (χ2v) is 6.33. The number of anilines is 1. The van der Waals surface area contributed by atoms with E-state index in [4.69, 9.17) is 0 Å². The standard InChI is InChI=1S/C15H22BrN3/c16-14-5-1-2-6-15(14)19-10-8-18(9-11-19)13-4-3-7-17-12-13/h1-2,5-6,13,17H,3-4,7-12H2. The van der Waals surface area contributed by atoms with Gasteiger partial charge in [0.25, 0.3) is 0 Å². The second-order valence-electron chi connectivity index (χ2n) is 5.47. The minimum absolute atomic E-state index is 0.759. The smallest absolute Gasteiger partial charge is 0.0511 e. The number of piperidine rings is 1. The van der Waals surface area contributed by atoms with E-state index < -0.39 is 0 Å². The Kier molecular flexibility index (Phi) is 4.41. The highest BCUT2D eigenvalue weighted by molar-refractivity contribution is 9.10. The topological polar surface area (TPSA) is 18.5 Å². The van der Waals surface area contributed by atoms with Crippen LogP contribution in [0.5, 0.6) is 0 Å². The molecule has 1 atom stereocenters. The second kappa shape index (κ2) is 6.25. The van der Waals surface area contributed by atoms with Crippen LogP contribution in [0.2, 0.25) is 0 Å². The average Bonchev–Trinajstić information content (AvgIpc) is 2.49. The molecule has 0 radical (unpaired) electrons. The van der Waals surface area contributed by atoms with Crippen molar-refractivity contribution in [2.24, 2.45) is 0 Å². The van der Waals surface area contributed by atoms with Gasteiger partial charge in [-0.1, -0.05) is 12.1 Å². The Morgan fingerprint density at radius 1 is 1.11 bits per heavy atom. The Hall–Kier alpha value is -0.580. The molecule has 2 aliphatic rings. The van der Waals surface area contributed by atoms with Gasteiger partial charge in [-0.15, -0.1) is 0 Å². The highest BCUT2D eigenvalue weighted by Crippen LogP contribution is 2.27. The first-order chi connectivity index (χ1) is 9.34. The van der Waals surface area contributed by atoms with Gasteiger partial charge < -0.3 is 10.2 Å². The number of piperazine rings is 1. The molecule has 0 spiro atoms. The number of benzene rings is 1. The molecular weight excluding hydrogens is 302 g/mol. The molecule has 3 nitrogen and oxygen atoms in total. The highest BCUT2D eigenvalue weighted by atomic mass is 79.9. The van der Waals surface area contributed by atoms with Crippen LogP contribution in [0.15, 0.2) is 28.7 Å². The average molecular weight is 324 g/mol. The Morgan fingerprint density at radius 2 is 1.89 bits per heavy atom. The summed E-state index contributed by atoms with van der Waals surface area (Å²) in [6.07, 6.45) is 2.69. The summed E-state index contributed by atoms with van der Waals surface area (Å²) in [5.74, 6) is 0. The lowest BCUT2D eigenvalue weighted by Gasteiger charge is -2.41. The summed E-state index contributed by atoms with van der Waals surface area (Å²) in [6, 6.07) is 9.30. The van der Waals surface area contributed by atoms with Crippen molar-refractivity contribution in [3.63, 3.8) is 0 Å². The fourth-order valence-electron chi connectivity index (χ4n) is 3.18. The Balaban J connectivity index is 1.58. The normalized spacial score (nSPS) is 25.5. The van der Waals surface area contributed by atoms with Crippen molar-refractivity contribution in [3.8, 4) is 0 Å². The predicted octanol–water partition coefficient (Wildman–Crippen LogP) is 2.32. The first kappa shape index (κ1) is 13.4. The van der Waals surface area contributed by atoms with Crippen molar-refractivity contribution in [1.82, 2.24) is 10.2 Å². The quantitative estimate of drug-likeness (QED) is 0.901. The third-order valence-electron chi connectivity index (χ3n) is 4.29. The molecule has 2 aliphatic heterocycles. The SMILES string of the molecule is Brc1ccccc1N1CCN(C2CCCNC2)CC1. The van der Waals surface area contributed by atoms with Gasteiger partial charge in [-0.05, 0) is 47.4 Å². The molecule has 2 saturated heterocycles. The van der Waals surface area contributed by atoms with Crippen LogP contribution in [-0.2, 0) is 0 Å². The summed E-state index contributed by atoms with van der Waals surface area (Å²) in [5, 5.41) is 3.52. The molecule has 1 aromatic rings. The fraction of sp³-hybridized carbons (Fsp3) is 0.600. The van der Waals surface area contributed by atoms with Crippen LogP contribution >= 0.6 is 15.9 Å². The number of nitrogens with one attached hydrogen (secondary N) is 1. The maximum atomic E-state index is 3.66. The Morgan fingerprint density at radius 3 is 2.58 bits per heavy atom. The molecular formula is C15H22BrN3. The van der Waals surface area contributed by atoms with Crippen molar-refractivity contribution in [2.75, 3.05) is 44.2 Å². The lowest BCUT2D eigenvalue weighted by molar-refractivity contribution is 0.157. The van der Waals surface area contributed by atoms with Crippen LogP contribution < -0.4 is 10.2 Å². The maximum Gasteiger partial charge on any atom is 0.0511 e. The molecule has 0 bridgehead atoms. The monoisotopic (exact) mass is 323 g/mol. The van der Waals surface area contributed by atoms with Gasteiger partial charge in [0.1, 0.15) is 0 Å². The van der Waals surface area contributed by atoms with Crippen LogP contribution in [-0.4, -0.2) is 50.2 Å². The zero-order valence-electron chi connectivity index (χ0n) is 11.3. The van der Waals surface area contributed by atoms with Crippen molar-refractivity contribution >= 4 is 21.6 Å². The highest BCUT2D eigenvalue weighted by Gasteiger charge is 2.25. The number of hydrogen-bond acceptors (Lipinski definition) is 3. The predicted molar refractivity (Wildman–Crippen MR) is 83.8 cm³/mol. The first-order valence-corrected chi connectivity index (χ1v) is 8.08. The largest absolute Gasteiger partial charge is 0.368 e. The van der Waals surface area contributed by atoms with E-state index in [1.165, 1.54) is 49.2 Å². The molecule has 0 aliphatic carbocycles. The minimum atomic E-state index is 0.759. The molecule has 1 aromatic carbocycles. The Labute approximate surface area is 124 Å². The van der Waals surface area contributed by atoms with Crippen LogP contribution in [0.25, 0.3) is 0 Å². The number of nitrogens with zero attached hydrogens (tertiary/aromatic N) is 2. The molecule has 4 heteroatoms. The van der Waals surface area contributed by atoms with E-state index in [0.29, 0.717) is 0 Å². The van der Waals surface area contributed by atoms with E-state index >= 15 is 0 Å². The summed E-state index contributed by atoms with van der Waals surface area (Å²) in [7, 11) is 0. The molecule has 1 unspecified atom stereocenters. The molecule has 0 amide bonds. The van der Waals surface area contributed by atoms with E-state index in [1.54, 1.807) is 0 Å². The van der Waals surface area contributed by atoms with Gasteiger partial charge in [0.15, 0.2) is 0 Å². The summed E-state index contributed by atoms with van der Waals surface area (Å²) < 4.78 is 1.21. The van der Waals surface area contributed by atoms with Crippen LogP contribution in [0.1, 0.15) is 12.8 Å². The zero-order chi connectivity index (χ0) is 13.1. The van der Waals surface area contributed by atoms with E-state index in [1.807, 2.05) is 0 Å². The van der Waals surface area contributed by atoms with E-state index in [9.17, 15) is 0 Å². The first-order valence-electron chi connectivity index (χ1n) is 7.29. The van der Waals surface area contributed by atoms with E-state index in [2.05, 4.69) is 55.3 Å². The zero-order valence-corrected chi connectivity index (χ0v) is 12.9. The molecule has 2 heterocycles. The number of rotatable bonds is 2. The molecule has 0 aromatic heterocycles. The maximum absolute atomic E-state index is 3.66. The van der Waals surface area contributed by atoms with Crippen LogP contribution in [0, 0.1) is 0 Å². The van der Waals surface area contributed by atoms with Crippen molar-refractivity contribution in [1.29, 1.82) is 0 Å². The number of halogens is 1. The van der Waals surface area contributed by atoms with E-state index in [-0.39, 0.29) is 0 Å². The molecule has 104 valence electrons. The van der Waals surface area contributed by atoms with Gasteiger partial charge in [0.05, 0.1) is 5.69 Å². The third kappa shape index (κ3) is 3.12. The van der Waals surface area contributed by atoms with Gasteiger partial charge in [0.2, 0.25) is 0 Å². The number of hydrogen-bond donors (Lipinski definition) is 1. The van der Waals surface area contributed by atoms with Gasteiger partial charge in [0, 0.05) is 43.2 Å². The summed E-state index contributed by atoms with van der Waals surface area (Å²) >= 11 is 3.66. The molecule has 0 saturated carbocycles. The Bertz CT molecular complexity index is 410. The van der Waals surface area contributed by atoms with Crippen molar-refractivity contribution in [2.45, 2.75) is 18.9 Å². The summed E-state index contributed by atoms with van der Waals surface area (Å²) in [6.45, 7) is 7.03. The minimum Gasteiger partial charge on any atom is -0.368 e. The summed E-state index contributed by atoms with van der Waals surface area (Å²) in [5.41, 5.74) is 1.34. The molecule has 1 N–H and O–H groups in total. The van der Waals surface area contributed by atoms with Gasteiger partial charge in [-0.2, -0.15) is 0 Å². The molecule has 2 fully saturated rings. The van der Waals surface area contributed by atoms with Crippen LogP contribution in [0.4, 0.5) is 5.69 Å². The fourth-order valence-corrected chi connectivity index (χ4v) is 3.72. The molecule has 3 rings (SSSR count). The van der Waals surface area contributed by atoms with Gasteiger partial charge >= 0.3 is 0 Å². The van der Waals surface area contributed by atoms with Gasteiger partial charge in [-0.25, -0.2) is 0 Å². The van der Waals surface area contributed by atoms with Crippen molar-refractivity contribution < 1.29 is 0 Å². The lowest BCUT2D eigenvalue weighted by Crippen LogP contribution is -2.54. The third-order valence-corrected chi connectivity index (χ3v) is 4.97. The lowest BCUT2D eigenvalue weighted by atomic mass is 10.0. The number of para-hydroxylation sites is 1. The van der Waals surface area contributed by atoms with Gasteiger partial charge in [-0.3, -0.25) is 4.90 Å². The summed E-state index contributed by atoms with van der Waals surface area (Å²) in [4.78, 5) is 5.16. The van der Waals surface area contributed by atoms with Crippen LogP contribution in [0.3, 0.4) is 0 Å². The van der Waals surface area contributed by atoms with E-state index in [0.717, 1.165) is 19.1 Å².